The van der Waals surface area contributed by atoms with E-state index in [2.05, 4.69) is 10.2 Å². The number of aliphatic hydroxyl groups excluding tert-OH is 1. The Balaban J connectivity index is 1.87. The van der Waals surface area contributed by atoms with Crippen LogP contribution >= 0.6 is 23.2 Å². The topological polar surface area (TPSA) is 68.4 Å². The molecule has 19 heavy (non-hydrogen) atoms. The van der Waals surface area contributed by atoms with Crippen molar-refractivity contribution in [2.24, 2.45) is 0 Å². The summed E-state index contributed by atoms with van der Waals surface area (Å²) in [5.41, 5.74) is 0. The quantitative estimate of drug-likeness (QED) is 0.888. The van der Waals surface area contributed by atoms with E-state index < -0.39 is 0 Å². The Bertz CT molecular complexity index is 546. The fraction of sp³-hybridized carbons (Fsp3) is 0.333. The summed E-state index contributed by atoms with van der Waals surface area (Å²) in [7, 11) is 0. The molecule has 0 atom stereocenters. The number of halogens is 2. The largest absolute Gasteiger partial charge is 0.491 e. The third kappa shape index (κ3) is 3.83. The molecule has 0 aliphatic heterocycles. The van der Waals surface area contributed by atoms with Crippen LogP contribution in [0.3, 0.4) is 0 Å². The Labute approximate surface area is 120 Å². The minimum absolute atomic E-state index is 0.0176. The van der Waals surface area contributed by atoms with E-state index in [1.165, 1.54) is 0 Å². The van der Waals surface area contributed by atoms with Crippen LogP contribution in [0.1, 0.15) is 11.8 Å². The fourth-order valence-electron chi connectivity index (χ4n) is 1.43. The number of nitrogens with zero attached hydrogens (tertiary/aromatic N) is 2. The van der Waals surface area contributed by atoms with Crippen molar-refractivity contribution in [2.75, 3.05) is 13.2 Å². The molecule has 0 unspecified atom stereocenters. The van der Waals surface area contributed by atoms with Gasteiger partial charge in [0, 0.05) is 6.42 Å². The average Bonchev–Trinajstić information content (AvgIpc) is 2.83. The van der Waals surface area contributed by atoms with Crippen molar-refractivity contribution in [3.63, 3.8) is 0 Å². The van der Waals surface area contributed by atoms with Gasteiger partial charge in [-0.2, -0.15) is 0 Å². The number of hydrogen-bond donors (Lipinski definition) is 1. The van der Waals surface area contributed by atoms with Gasteiger partial charge in [-0.15, -0.1) is 10.2 Å². The van der Waals surface area contributed by atoms with Gasteiger partial charge in [0.1, 0.15) is 10.8 Å². The second kappa shape index (κ2) is 6.75. The van der Waals surface area contributed by atoms with E-state index in [9.17, 15) is 0 Å². The van der Waals surface area contributed by atoms with Gasteiger partial charge in [0.25, 0.3) is 0 Å². The van der Waals surface area contributed by atoms with Crippen LogP contribution in [-0.2, 0) is 12.8 Å². The van der Waals surface area contributed by atoms with Crippen molar-refractivity contribution in [2.45, 2.75) is 12.8 Å². The van der Waals surface area contributed by atoms with E-state index in [1.54, 1.807) is 18.2 Å². The molecule has 1 heterocycles. The zero-order valence-electron chi connectivity index (χ0n) is 9.97. The number of benzene rings is 1. The van der Waals surface area contributed by atoms with Crippen LogP contribution in [0, 0.1) is 0 Å². The molecule has 5 nitrogen and oxygen atoms in total. The summed E-state index contributed by atoms with van der Waals surface area (Å²) in [6, 6.07) is 5.19. The van der Waals surface area contributed by atoms with Crippen LogP contribution in [0.15, 0.2) is 22.6 Å². The predicted octanol–water partition coefficient (Wildman–Crippen LogP) is 2.53. The highest BCUT2D eigenvalue weighted by Gasteiger charge is 2.08. The van der Waals surface area contributed by atoms with E-state index in [0.29, 0.717) is 47.0 Å². The highest BCUT2D eigenvalue weighted by Crippen LogP contribution is 2.31. The molecule has 1 N–H and O–H groups in total. The first-order chi connectivity index (χ1) is 9.20. The van der Waals surface area contributed by atoms with E-state index >= 15 is 0 Å². The first-order valence-corrected chi connectivity index (χ1v) is 6.45. The summed E-state index contributed by atoms with van der Waals surface area (Å²) in [4.78, 5) is 0. The maximum absolute atomic E-state index is 8.73. The molecule has 2 aromatic rings. The Hall–Kier alpha value is -1.30. The van der Waals surface area contributed by atoms with Crippen molar-refractivity contribution >= 4 is 23.2 Å². The van der Waals surface area contributed by atoms with Crippen molar-refractivity contribution in [3.8, 4) is 5.75 Å². The summed E-state index contributed by atoms with van der Waals surface area (Å²) < 4.78 is 10.8. The van der Waals surface area contributed by atoms with Crippen LogP contribution in [-0.4, -0.2) is 28.5 Å². The van der Waals surface area contributed by atoms with Gasteiger partial charge in [-0.3, -0.25) is 0 Å². The zero-order valence-corrected chi connectivity index (χ0v) is 11.5. The monoisotopic (exact) mass is 302 g/mol. The van der Waals surface area contributed by atoms with Gasteiger partial charge in [0.05, 0.1) is 24.7 Å². The van der Waals surface area contributed by atoms with Crippen molar-refractivity contribution in [3.05, 3.63) is 40.0 Å². The molecular formula is C12H12Cl2N2O3. The van der Waals surface area contributed by atoms with Crippen LogP contribution < -0.4 is 4.74 Å². The normalized spacial score (nSPS) is 10.7. The van der Waals surface area contributed by atoms with Crippen LogP contribution in [0.2, 0.25) is 10.0 Å². The lowest BCUT2D eigenvalue weighted by Crippen LogP contribution is -2.02. The zero-order chi connectivity index (χ0) is 13.7. The molecule has 1 aromatic carbocycles. The first kappa shape index (κ1) is 14.1. The lowest BCUT2D eigenvalue weighted by molar-refractivity contribution is 0.278. The summed E-state index contributed by atoms with van der Waals surface area (Å²) in [5, 5.41) is 17.2. The van der Waals surface area contributed by atoms with E-state index in [-0.39, 0.29) is 6.61 Å². The van der Waals surface area contributed by atoms with E-state index in [4.69, 9.17) is 37.5 Å². The molecule has 0 fully saturated rings. The Morgan fingerprint density at radius 3 is 2.63 bits per heavy atom. The van der Waals surface area contributed by atoms with Crippen molar-refractivity contribution in [1.82, 2.24) is 10.2 Å². The predicted molar refractivity (Wildman–Crippen MR) is 70.7 cm³/mol. The molecule has 102 valence electrons. The maximum Gasteiger partial charge on any atom is 0.219 e. The molecule has 7 heteroatoms. The molecular weight excluding hydrogens is 291 g/mol. The van der Waals surface area contributed by atoms with Gasteiger partial charge >= 0.3 is 0 Å². The molecule has 0 radical (unpaired) electrons. The fourth-order valence-corrected chi connectivity index (χ4v) is 1.78. The number of aromatic nitrogens is 2. The molecule has 0 saturated heterocycles. The summed E-state index contributed by atoms with van der Waals surface area (Å²) in [6.07, 6.45) is 0.815. The van der Waals surface area contributed by atoms with Crippen LogP contribution in [0.25, 0.3) is 0 Å². The highest BCUT2D eigenvalue weighted by molar-refractivity contribution is 6.42. The number of rotatable bonds is 6. The van der Waals surface area contributed by atoms with Gasteiger partial charge in [0.2, 0.25) is 11.8 Å². The highest BCUT2D eigenvalue weighted by atomic mass is 35.5. The minimum Gasteiger partial charge on any atom is -0.491 e. The standard InChI is InChI=1S/C12H12Cl2N2O3/c13-8-2-1-3-9(12(8)14)18-7-5-11-16-15-10(19-11)4-6-17/h1-3,17H,4-7H2. The molecule has 0 aliphatic carbocycles. The third-order valence-corrected chi connectivity index (χ3v) is 3.13. The van der Waals surface area contributed by atoms with Gasteiger partial charge in [-0.25, -0.2) is 0 Å². The van der Waals surface area contributed by atoms with E-state index in [1.807, 2.05) is 0 Å². The number of hydrogen-bond acceptors (Lipinski definition) is 5. The second-order valence-electron chi connectivity index (χ2n) is 3.71. The Kier molecular flexibility index (Phi) is 5.01. The summed E-state index contributed by atoms with van der Waals surface area (Å²) in [6.45, 7) is 0.330. The Morgan fingerprint density at radius 1 is 1.16 bits per heavy atom. The third-order valence-electron chi connectivity index (χ3n) is 2.32. The molecule has 0 aliphatic rings. The van der Waals surface area contributed by atoms with Gasteiger partial charge in [0.15, 0.2) is 0 Å². The first-order valence-electron chi connectivity index (χ1n) is 5.69. The molecule has 0 bridgehead atoms. The summed E-state index contributed by atoms with van der Waals surface area (Å²) >= 11 is 11.9. The van der Waals surface area contributed by atoms with Crippen LogP contribution in [0.4, 0.5) is 0 Å². The summed E-state index contributed by atoms with van der Waals surface area (Å²) in [5.74, 6) is 1.39. The molecule has 0 amide bonds. The smallest absolute Gasteiger partial charge is 0.219 e. The molecule has 0 spiro atoms. The van der Waals surface area contributed by atoms with E-state index in [0.717, 1.165) is 0 Å². The number of aliphatic hydroxyl groups is 1. The second-order valence-corrected chi connectivity index (χ2v) is 4.50. The molecule has 0 saturated carbocycles. The van der Waals surface area contributed by atoms with Gasteiger partial charge < -0.3 is 14.3 Å². The average molecular weight is 303 g/mol. The Morgan fingerprint density at radius 2 is 1.89 bits per heavy atom. The lowest BCUT2D eigenvalue weighted by atomic mass is 10.3. The number of ether oxygens (including phenoxy) is 1. The molecule has 2 rings (SSSR count). The SMILES string of the molecule is OCCc1nnc(CCOc2cccc(Cl)c2Cl)o1. The van der Waals surface area contributed by atoms with Crippen molar-refractivity contribution < 1.29 is 14.3 Å². The van der Waals surface area contributed by atoms with Gasteiger partial charge in [-0.05, 0) is 12.1 Å². The minimum atomic E-state index is -0.0176. The maximum atomic E-state index is 8.73. The molecule has 1 aromatic heterocycles. The van der Waals surface area contributed by atoms with Gasteiger partial charge in [-0.1, -0.05) is 29.3 Å². The van der Waals surface area contributed by atoms with Crippen LogP contribution in [0.5, 0.6) is 5.75 Å². The van der Waals surface area contributed by atoms with Crippen molar-refractivity contribution in [1.29, 1.82) is 0 Å². The lowest BCUT2D eigenvalue weighted by Gasteiger charge is -2.07.